The molecule has 0 fully saturated rings. The summed E-state index contributed by atoms with van der Waals surface area (Å²) < 4.78 is 24.0. The first-order valence-electron chi connectivity index (χ1n) is 7.78. The van der Waals surface area contributed by atoms with Crippen LogP contribution in [0.2, 0.25) is 5.02 Å². The van der Waals surface area contributed by atoms with Crippen LogP contribution in [0.25, 0.3) is 11.1 Å². The first-order chi connectivity index (χ1) is 11.2. The molecule has 2 aromatic carbocycles. The fraction of sp³-hybridized carbons (Fsp3) is 0.263. The van der Waals surface area contributed by atoms with E-state index in [1.54, 1.807) is 12.1 Å². The highest BCUT2D eigenvalue weighted by atomic mass is 35.5. The van der Waals surface area contributed by atoms with Gasteiger partial charge in [0.05, 0.1) is 4.90 Å². The Hall–Kier alpha value is -1.62. The van der Waals surface area contributed by atoms with E-state index in [2.05, 4.69) is 13.8 Å². The third-order valence-corrected chi connectivity index (χ3v) is 5.61. The van der Waals surface area contributed by atoms with Crippen LogP contribution in [-0.4, -0.2) is 8.42 Å². The molecule has 5 heteroatoms. The first-order valence-corrected chi connectivity index (χ1v) is 9.70. The minimum Gasteiger partial charge on any atom is -0.225 e. The van der Waals surface area contributed by atoms with Gasteiger partial charge in [0, 0.05) is 5.02 Å². The summed E-state index contributed by atoms with van der Waals surface area (Å²) in [6, 6.07) is 14.6. The lowest BCUT2D eigenvalue weighted by Crippen LogP contribution is -2.14. The fourth-order valence-electron chi connectivity index (χ4n) is 3.38. The van der Waals surface area contributed by atoms with E-state index in [9.17, 15) is 8.42 Å². The van der Waals surface area contributed by atoms with E-state index in [1.165, 1.54) is 0 Å². The van der Waals surface area contributed by atoms with Crippen molar-refractivity contribution in [2.45, 2.75) is 31.6 Å². The van der Waals surface area contributed by atoms with Crippen molar-refractivity contribution in [2.75, 3.05) is 0 Å². The second kappa shape index (κ2) is 6.03. The highest BCUT2D eigenvalue weighted by Gasteiger charge is 2.33. The third-order valence-electron chi connectivity index (χ3n) is 4.39. The molecule has 0 atom stereocenters. The molecule has 3 nitrogen and oxygen atoms in total. The van der Waals surface area contributed by atoms with Gasteiger partial charge in [0.1, 0.15) is 0 Å². The van der Waals surface area contributed by atoms with E-state index < -0.39 is 10.0 Å². The monoisotopic (exact) mass is 361 g/mol. The predicted octanol–water partition coefficient (Wildman–Crippen LogP) is 4.72. The fourth-order valence-corrected chi connectivity index (χ4v) is 4.27. The van der Waals surface area contributed by atoms with Gasteiger partial charge in [-0.25, -0.2) is 13.6 Å². The minimum absolute atomic E-state index is 0.0653. The van der Waals surface area contributed by atoms with Gasteiger partial charge in [-0.15, -0.1) is 0 Å². The van der Waals surface area contributed by atoms with E-state index in [0.717, 1.165) is 29.6 Å². The standard InChI is InChI=1S/C19H20ClNO2S/c1-19(2)11-16(13-7-9-14(20)10-8-13)17(12-19)15-5-3-4-6-18(15)24(21,22)23/h3-10H,11-12H2,1-2H3,(H2,21,22,23). The van der Waals surface area contributed by atoms with Gasteiger partial charge in [0.25, 0.3) is 0 Å². The number of halogens is 1. The normalized spacial score (nSPS) is 17.3. The van der Waals surface area contributed by atoms with Crippen molar-refractivity contribution < 1.29 is 8.42 Å². The number of benzene rings is 2. The zero-order chi connectivity index (χ0) is 17.5. The van der Waals surface area contributed by atoms with E-state index in [-0.39, 0.29) is 10.3 Å². The zero-order valence-electron chi connectivity index (χ0n) is 13.7. The van der Waals surface area contributed by atoms with E-state index in [4.69, 9.17) is 16.7 Å². The highest BCUT2D eigenvalue weighted by molar-refractivity contribution is 7.89. The van der Waals surface area contributed by atoms with Crippen LogP contribution in [-0.2, 0) is 10.0 Å². The Morgan fingerprint density at radius 3 is 2.17 bits per heavy atom. The van der Waals surface area contributed by atoms with Crippen molar-refractivity contribution in [1.29, 1.82) is 0 Å². The molecule has 0 aliphatic heterocycles. The van der Waals surface area contributed by atoms with Crippen LogP contribution < -0.4 is 5.14 Å². The van der Waals surface area contributed by atoms with E-state index in [1.807, 2.05) is 36.4 Å². The molecule has 0 amide bonds. The lowest BCUT2D eigenvalue weighted by molar-refractivity contribution is 0.406. The van der Waals surface area contributed by atoms with Crippen molar-refractivity contribution in [1.82, 2.24) is 0 Å². The summed E-state index contributed by atoms with van der Waals surface area (Å²) in [5.74, 6) is 0. The molecule has 2 aromatic rings. The number of sulfonamides is 1. The predicted molar refractivity (Wildman–Crippen MR) is 99.1 cm³/mol. The average Bonchev–Trinajstić information content (AvgIpc) is 2.83. The molecule has 3 rings (SSSR count). The second-order valence-electron chi connectivity index (χ2n) is 7.02. The number of nitrogens with two attached hydrogens (primary N) is 1. The van der Waals surface area contributed by atoms with Crippen LogP contribution in [0, 0.1) is 5.41 Å². The zero-order valence-corrected chi connectivity index (χ0v) is 15.3. The van der Waals surface area contributed by atoms with Crippen molar-refractivity contribution >= 4 is 32.8 Å². The Balaban J connectivity index is 2.23. The molecule has 0 saturated heterocycles. The van der Waals surface area contributed by atoms with Crippen LogP contribution >= 0.6 is 11.6 Å². The van der Waals surface area contributed by atoms with Crippen molar-refractivity contribution in [3.63, 3.8) is 0 Å². The lowest BCUT2D eigenvalue weighted by Gasteiger charge is -2.17. The quantitative estimate of drug-likeness (QED) is 0.859. The topological polar surface area (TPSA) is 60.2 Å². The van der Waals surface area contributed by atoms with Gasteiger partial charge in [0.2, 0.25) is 10.0 Å². The molecule has 2 N–H and O–H groups in total. The Bertz CT molecular complexity index is 913. The maximum absolute atomic E-state index is 12.0. The lowest BCUT2D eigenvalue weighted by atomic mass is 9.87. The van der Waals surface area contributed by atoms with Gasteiger partial charge >= 0.3 is 0 Å². The molecular formula is C19H20ClNO2S. The number of hydrogen-bond acceptors (Lipinski definition) is 2. The molecule has 0 radical (unpaired) electrons. The van der Waals surface area contributed by atoms with Gasteiger partial charge in [-0.1, -0.05) is 55.8 Å². The summed E-state index contributed by atoms with van der Waals surface area (Å²) in [5, 5.41) is 6.11. The maximum atomic E-state index is 12.0. The molecular weight excluding hydrogens is 342 g/mol. The molecule has 0 aromatic heterocycles. The van der Waals surface area contributed by atoms with Crippen LogP contribution in [0.15, 0.2) is 53.4 Å². The smallest absolute Gasteiger partial charge is 0.225 e. The van der Waals surface area contributed by atoms with Crippen LogP contribution in [0.5, 0.6) is 0 Å². The number of allylic oxidation sites excluding steroid dienone is 2. The summed E-state index contributed by atoms with van der Waals surface area (Å²) >= 11 is 6.00. The summed E-state index contributed by atoms with van der Waals surface area (Å²) in [6.45, 7) is 4.38. The summed E-state index contributed by atoms with van der Waals surface area (Å²) in [6.07, 6.45) is 1.68. The van der Waals surface area contributed by atoms with E-state index >= 15 is 0 Å². The summed E-state index contributed by atoms with van der Waals surface area (Å²) in [4.78, 5) is 0.184. The van der Waals surface area contributed by atoms with Crippen LogP contribution in [0.1, 0.15) is 37.8 Å². The van der Waals surface area contributed by atoms with Crippen molar-refractivity contribution in [3.05, 3.63) is 64.7 Å². The SMILES string of the molecule is CC1(C)CC(c2ccc(Cl)cc2)=C(c2ccccc2S(N)(=O)=O)C1. The number of primary sulfonamides is 1. The van der Waals surface area contributed by atoms with Crippen molar-refractivity contribution in [3.8, 4) is 0 Å². The van der Waals surface area contributed by atoms with Gasteiger partial charge < -0.3 is 0 Å². The first kappa shape index (κ1) is 17.2. The molecule has 24 heavy (non-hydrogen) atoms. The average molecular weight is 362 g/mol. The van der Waals surface area contributed by atoms with Crippen molar-refractivity contribution in [2.24, 2.45) is 10.6 Å². The third kappa shape index (κ3) is 3.41. The number of hydrogen-bond donors (Lipinski definition) is 1. The maximum Gasteiger partial charge on any atom is 0.238 e. The molecule has 126 valence electrons. The highest BCUT2D eigenvalue weighted by Crippen LogP contribution is 2.50. The minimum atomic E-state index is -3.78. The molecule has 1 aliphatic rings. The Morgan fingerprint density at radius 1 is 0.958 bits per heavy atom. The van der Waals surface area contributed by atoms with Gasteiger partial charge in [-0.3, -0.25) is 0 Å². The van der Waals surface area contributed by atoms with Gasteiger partial charge in [-0.05, 0) is 58.7 Å². The van der Waals surface area contributed by atoms with Gasteiger partial charge in [0.15, 0.2) is 0 Å². The van der Waals surface area contributed by atoms with Crippen LogP contribution in [0.4, 0.5) is 0 Å². The Morgan fingerprint density at radius 2 is 1.54 bits per heavy atom. The molecule has 1 aliphatic carbocycles. The molecule has 0 saturated carbocycles. The van der Waals surface area contributed by atoms with E-state index in [0.29, 0.717) is 10.6 Å². The second-order valence-corrected chi connectivity index (χ2v) is 8.99. The largest absolute Gasteiger partial charge is 0.238 e. The molecule has 0 heterocycles. The summed E-state index contributed by atoms with van der Waals surface area (Å²) in [7, 11) is -3.78. The molecule has 0 unspecified atom stereocenters. The molecule has 0 spiro atoms. The van der Waals surface area contributed by atoms with Crippen LogP contribution in [0.3, 0.4) is 0 Å². The molecule has 0 bridgehead atoms. The Labute approximate surface area is 148 Å². The summed E-state index contributed by atoms with van der Waals surface area (Å²) in [5.41, 5.74) is 4.05. The number of rotatable bonds is 3. The van der Waals surface area contributed by atoms with Gasteiger partial charge in [-0.2, -0.15) is 0 Å². The Kier molecular flexibility index (Phi) is 4.32.